The van der Waals surface area contributed by atoms with Crippen LogP contribution < -0.4 is 5.32 Å². The van der Waals surface area contributed by atoms with Gasteiger partial charge in [-0.25, -0.2) is 8.42 Å². The third-order valence-electron chi connectivity index (χ3n) is 4.09. The summed E-state index contributed by atoms with van der Waals surface area (Å²) in [7, 11) is -3.48. The van der Waals surface area contributed by atoms with Crippen molar-refractivity contribution in [2.75, 3.05) is 13.1 Å². The van der Waals surface area contributed by atoms with Crippen LogP contribution in [-0.2, 0) is 16.6 Å². The average Bonchev–Trinajstić information content (AvgIpc) is 3.03. The zero-order valence-electron chi connectivity index (χ0n) is 13.3. The number of nitrogens with zero attached hydrogens (tertiary/aromatic N) is 2. The van der Waals surface area contributed by atoms with Gasteiger partial charge in [0.1, 0.15) is 4.90 Å². The molecular formula is C14H26N4O2S. The van der Waals surface area contributed by atoms with E-state index in [1.165, 1.54) is 0 Å². The fraction of sp³-hybridized carbons (Fsp3) is 0.786. The molecule has 1 aliphatic rings. The van der Waals surface area contributed by atoms with Crippen molar-refractivity contribution in [1.82, 2.24) is 19.8 Å². The molecule has 2 N–H and O–H groups in total. The van der Waals surface area contributed by atoms with Crippen molar-refractivity contribution in [2.45, 2.75) is 58.0 Å². The summed E-state index contributed by atoms with van der Waals surface area (Å²) in [5.74, 6) is 0.326. The van der Waals surface area contributed by atoms with E-state index in [4.69, 9.17) is 0 Å². The van der Waals surface area contributed by atoms with Crippen LogP contribution in [0.2, 0.25) is 0 Å². The Bertz CT molecular complexity index is 580. The lowest BCUT2D eigenvalue weighted by Crippen LogP contribution is -2.39. The number of sulfonamides is 1. The number of aryl methyl sites for hydroxylation is 1. The number of hydrogen-bond donors (Lipinski definition) is 2. The van der Waals surface area contributed by atoms with Crippen molar-refractivity contribution in [3.8, 4) is 0 Å². The fourth-order valence-corrected chi connectivity index (χ4v) is 5.18. The van der Waals surface area contributed by atoms with Gasteiger partial charge in [-0.05, 0) is 32.2 Å². The van der Waals surface area contributed by atoms with Gasteiger partial charge in [0.15, 0.2) is 0 Å². The molecule has 0 saturated carbocycles. The van der Waals surface area contributed by atoms with Crippen LogP contribution in [0.5, 0.6) is 0 Å². The predicted octanol–water partition coefficient (Wildman–Crippen LogP) is 1.64. The molecule has 0 bridgehead atoms. The first-order valence-corrected chi connectivity index (χ1v) is 9.10. The third kappa shape index (κ3) is 3.14. The highest BCUT2D eigenvalue weighted by Gasteiger charge is 2.39. The number of rotatable bonds is 6. The number of hydrogen-bond acceptors (Lipinski definition) is 4. The standard InChI is InChI=1S/C14H26N4O2S/c1-5-15-9-12-14(11(4)16-17-12)21(19,20)18-8-6-7-13(18)10(2)3/h10,13,15H,5-9H2,1-4H3,(H,16,17). The largest absolute Gasteiger partial charge is 0.311 e. The summed E-state index contributed by atoms with van der Waals surface area (Å²) in [6.07, 6.45) is 1.87. The molecule has 1 saturated heterocycles. The first-order chi connectivity index (χ1) is 9.89. The van der Waals surface area contributed by atoms with Gasteiger partial charge in [-0.2, -0.15) is 9.40 Å². The van der Waals surface area contributed by atoms with Gasteiger partial charge in [0.2, 0.25) is 10.0 Å². The highest BCUT2D eigenvalue weighted by molar-refractivity contribution is 7.89. The quantitative estimate of drug-likeness (QED) is 0.836. The molecule has 2 rings (SSSR count). The molecule has 7 heteroatoms. The molecule has 0 radical (unpaired) electrons. The van der Waals surface area contributed by atoms with Crippen LogP contribution in [0.1, 0.15) is 45.0 Å². The summed E-state index contributed by atoms with van der Waals surface area (Å²) >= 11 is 0. The van der Waals surface area contributed by atoms with E-state index in [1.54, 1.807) is 11.2 Å². The van der Waals surface area contributed by atoms with E-state index >= 15 is 0 Å². The van der Waals surface area contributed by atoms with Crippen LogP contribution in [0, 0.1) is 12.8 Å². The molecule has 1 atom stereocenters. The predicted molar refractivity (Wildman–Crippen MR) is 82.5 cm³/mol. The summed E-state index contributed by atoms with van der Waals surface area (Å²) in [5.41, 5.74) is 1.21. The zero-order chi connectivity index (χ0) is 15.6. The van der Waals surface area contributed by atoms with Crippen LogP contribution >= 0.6 is 0 Å². The number of H-pyrrole nitrogens is 1. The van der Waals surface area contributed by atoms with Gasteiger partial charge >= 0.3 is 0 Å². The van der Waals surface area contributed by atoms with E-state index in [9.17, 15) is 8.42 Å². The average molecular weight is 314 g/mol. The molecule has 1 aromatic heterocycles. The van der Waals surface area contributed by atoms with Gasteiger partial charge in [-0.3, -0.25) is 5.10 Å². The minimum absolute atomic E-state index is 0.0938. The Balaban J connectivity index is 2.37. The molecule has 2 heterocycles. The number of aromatic amines is 1. The van der Waals surface area contributed by atoms with E-state index in [0.717, 1.165) is 19.4 Å². The SMILES string of the molecule is CCNCc1n[nH]c(C)c1S(=O)(=O)N1CCCC1C(C)C. The minimum atomic E-state index is -3.48. The van der Waals surface area contributed by atoms with Crippen molar-refractivity contribution >= 4 is 10.0 Å². The second-order valence-electron chi connectivity index (χ2n) is 5.97. The lowest BCUT2D eigenvalue weighted by molar-refractivity contribution is 0.315. The van der Waals surface area contributed by atoms with Gasteiger partial charge in [-0.1, -0.05) is 20.8 Å². The number of nitrogens with one attached hydrogen (secondary N) is 2. The molecule has 0 aliphatic carbocycles. The fourth-order valence-electron chi connectivity index (χ4n) is 3.02. The van der Waals surface area contributed by atoms with Gasteiger partial charge in [-0.15, -0.1) is 0 Å². The Labute approximate surface area is 127 Å². The van der Waals surface area contributed by atoms with Gasteiger partial charge < -0.3 is 5.32 Å². The maximum atomic E-state index is 13.1. The maximum Gasteiger partial charge on any atom is 0.247 e. The third-order valence-corrected chi connectivity index (χ3v) is 6.22. The van der Waals surface area contributed by atoms with E-state index in [-0.39, 0.29) is 6.04 Å². The van der Waals surface area contributed by atoms with Crippen LogP contribution in [-0.4, -0.2) is 42.1 Å². The van der Waals surface area contributed by atoms with Crippen molar-refractivity contribution < 1.29 is 8.42 Å². The smallest absolute Gasteiger partial charge is 0.247 e. The first-order valence-electron chi connectivity index (χ1n) is 7.66. The summed E-state index contributed by atoms with van der Waals surface area (Å²) in [6, 6.07) is 0.0938. The Morgan fingerprint density at radius 3 is 2.81 bits per heavy atom. The Hall–Kier alpha value is -0.920. The molecule has 6 nitrogen and oxygen atoms in total. The molecule has 21 heavy (non-hydrogen) atoms. The minimum Gasteiger partial charge on any atom is -0.311 e. The van der Waals surface area contributed by atoms with Gasteiger partial charge in [0.25, 0.3) is 0 Å². The summed E-state index contributed by atoms with van der Waals surface area (Å²) in [6.45, 7) is 9.79. The van der Waals surface area contributed by atoms with Gasteiger partial charge in [0, 0.05) is 19.1 Å². The van der Waals surface area contributed by atoms with E-state index in [0.29, 0.717) is 35.3 Å². The molecule has 0 spiro atoms. The lowest BCUT2D eigenvalue weighted by atomic mass is 10.0. The van der Waals surface area contributed by atoms with Crippen LogP contribution in [0.3, 0.4) is 0 Å². The topological polar surface area (TPSA) is 78.1 Å². The molecule has 0 amide bonds. The highest BCUT2D eigenvalue weighted by Crippen LogP contribution is 2.32. The van der Waals surface area contributed by atoms with Crippen molar-refractivity contribution in [3.63, 3.8) is 0 Å². The van der Waals surface area contributed by atoms with Crippen molar-refractivity contribution in [2.24, 2.45) is 5.92 Å². The van der Waals surface area contributed by atoms with E-state index in [1.807, 2.05) is 6.92 Å². The zero-order valence-corrected chi connectivity index (χ0v) is 14.1. The Morgan fingerprint density at radius 1 is 1.48 bits per heavy atom. The van der Waals surface area contributed by atoms with Crippen LogP contribution in [0.25, 0.3) is 0 Å². The number of aromatic nitrogens is 2. The van der Waals surface area contributed by atoms with E-state index < -0.39 is 10.0 Å². The lowest BCUT2D eigenvalue weighted by Gasteiger charge is -2.27. The van der Waals surface area contributed by atoms with Crippen molar-refractivity contribution in [1.29, 1.82) is 0 Å². The normalized spacial score (nSPS) is 20.5. The second kappa shape index (κ2) is 6.46. The van der Waals surface area contributed by atoms with Crippen LogP contribution in [0.15, 0.2) is 4.90 Å². The molecule has 1 aliphatic heterocycles. The van der Waals surface area contributed by atoms with Crippen LogP contribution in [0.4, 0.5) is 0 Å². The summed E-state index contributed by atoms with van der Waals surface area (Å²) in [5, 5.41) is 10.1. The monoisotopic (exact) mass is 314 g/mol. The molecule has 1 unspecified atom stereocenters. The first kappa shape index (κ1) is 16.5. The molecule has 1 aromatic rings. The molecule has 1 fully saturated rings. The molecular weight excluding hydrogens is 288 g/mol. The molecule has 120 valence electrons. The maximum absolute atomic E-state index is 13.1. The second-order valence-corrected chi connectivity index (χ2v) is 7.80. The highest BCUT2D eigenvalue weighted by atomic mass is 32.2. The summed E-state index contributed by atoms with van der Waals surface area (Å²) < 4.78 is 27.8. The summed E-state index contributed by atoms with van der Waals surface area (Å²) in [4.78, 5) is 0.357. The van der Waals surface area contributed by atoms with Gasteiger partial charge in [0.05, 0.1) is 11.4 Å². The van der Waals surface area contributed by atoms with E-state index in [2.05, 4.69) is 29.4 Å². The Morgan fingerprint density at radius 2 is 2.19 bits per heavy atom. The molecule has 0 aromatic carbocycles. The Kier molecular flexibility index (Phi) is 5.06. The van der Waals surface area contributed by atoms with Crippen molar-refractivity contribution in [3.05, 3.63) is 11.4 Å².